The van der Waals surface area contributed by atoms with Crippen molar-refractivity contribution in [1.82, 2.24) is 10.3 Å². The third-order valence-electron chi connectivity index (χ3n) is 4.29. The second kappa shape index (κ2) is 7.17. The molecule has 1 aromatic heterocycles. The maximum atomic E-state index is 11.8. The lowest BCUT2D eigenvalue weighted by Gasteiger charge is -2.00. The molecular weight excluding hydrogens is 344 g/mol. The van der Waals surface area contributed by atoms with E-state index in [1.165, 1.54) is 11.8 Å². The molecule has 1 amide bonds. The van der Waals surface area contributed by atoms with Crippen LogP contribution in [0.25, 0.3) is 22.2 Å². The summed E-state index contributed by atoms with van der Waals surface area (Å²) in [6.07, 6.45) is 2.53. The lowest BCUT2D eigenvalue weighted by atomic mass is 10.1. The van der Waals surface area contributed by atoms with E-state index < -0.39 is 0 Å². The second-order valence-corrected chi connectivity index (χ2v) is 7.17. The predicted molar refractivity (Wildman–Crippen MR) is 109 cm³/mol. The van der Waals surface area contributed by atoms with Crippen LogP contribution in [0.2, 0.25) is 0 Å². The summed E-state index contributed by atoms with van der Waals surface area (Å²) < 4.78 is 0. The van der Waals surface area contributed by atoms with Crippen LogP contribution in [0, 0.1) is 0 Å². The summed E-state index contributed by atoms with van der Waals surface area (Å²) in [6, 6.07) is 18.3. The van der Waals surface area contributed by atoms with E-state index >= 15 is 0 Å². The predicted octanol–water partition coefficient (Wildman–Crippen LogP) is 4.17. The highest BCUT2D eigenvalue weighted by Crippen LogP contribution is 2.29. The van der Waals surface area contributed by atoms with E-state index in [4.69, 9.17) is 0 Å². The topological polar surface area (TPSA) is 69.6 Å². The number of thioether (sulfide) groups is 1. The molecule has 1 aliphatic rings. The molecule has 0 unspecified atom stereocenters. The van der Waals surface area contributed by atoms with E-state index in [-0.39, 0.29) is 11.2 Å². The van der Waals surface area contributed by atoms with Gasteiger partial charge in [-0.3, -0.25) is 4.79 Å². The average Bonchev–Trinajstić information content (AvgIpc) is 3.23. The van der Waals surface area contributed by atoms with Gasteiger partial charge in [0, 0.05) is 16.5 Å². The number of carbonyl (C=O) groups excluding carboxylic acids is 1. The first kappa shape index (κ1) is 16.6. The summed E-state index contributed by atoms with van der Waals surface area (Å²) in [7, 11) is 0. The number of hydrogen-bond acceptors (Lipinski definition) is 4. The molecule has 1 aliphatic heterocycles. The number of H-pyrrole nitrogens is 1. The molecule has 1 saturated heterocycles. The molecule has 1 atom stereocenters. The highest BCUT2D eigenvalue weighted by atomic mass is 32.2. The Labute approximate surface area is 155 Å². The zero-order valence-electron chi connectivity index (χ0n) is 14.3. The van der Waals surface area contributed by atoms with Crippen LogP contribution < -0.4 is 5.32 Å². The molecule has 2 aromatic carbocycles. The van der Waals surface area contributed by atoms with Gasteiger partial charge in [-0.1, -0.05) is 67.2 Å². The Balaban J connectivity index is 1.71. The minimum atomic E-state index is -0.0723. The molecule has 2 heterocycles. The Morgan fingerprint density at radius 3 is 2.65 bits per heavy atom. The molecule has 2 N–H and O–H groups in total. The zero-order chi connectivity index (χ0) is 17.9. The van der Waals surface area contributed by atoms with Crippen LogP contribution in [-0.2, 0) is 4.79 Å². The average molecular weight is 362 g/mol. The number of amides is 1. The standard InChI is InChI=1S/C20H18N4OS/c1-2-17-19(25)23-20(26-17)24-21-12-15-14-10-6-7-11-16(14)22-18(15)13-8-4-3-5-9-13/h3-12,17,22H,2H2,1H3,(H,23,24,25)/b21-12+/t17-/m0/s1. The van der Waals surface area contributed by atoms with E-state index in [1.54, 1.807) is 6.21 Å². The lowest BCUT2D eigenvalue weighted by Crippen LogP contribution is -2.24. The number of nitrogens with one attached hydrogen (secondary N) is 2. The van der Waals surface area contributed by atoms with Gasteiger partial charge in [0.15, 0.2) is 5.17 Å². The van der Waals surface area contributed by atoms with Crippen molar-refractivity contribution in [1.29, 1.82) is 0 Å². The van der Waals surface area contributed by atoms with Crippen molar-refractivity contribution in [2.45, 2.75) is 18.6 Å². The van der Waals surface area contributed by atoms with Crippen molar-refractivity contribution in [3.05, 3.63) is 60.2 Å². The highest BCUT2D eigenvalue weighted by molar-refractivity contribution is 8.15. The fourth-order valence-corrected chi connectivity index (χ4v) is 3.85. The maximum Gasteiger partial charge on any atom is 0.239 e. The Morgan fingerprint density at radius 1 is 1.12 bits per heavy atom. The first-order valence-electron chi connectivity index (χ1n) is 8.51. The van der Waals surface area contributed by atoms with Crippen molar-refractivity contribution >= 4 is 40.0 Å². The molecule has 0 saturated carbocycles. The maximum absolute atomic E-state index is 11.8. The number of benzene rings is 2. The molecule has 5 nitrogen and oxygen atoms in total. The largest absolute Gasteiger partial charge is 0.354 e. The number of para-hydroxylation sites is 1. The number of hydrogen-bond donors (Lipinski definition) is 2. The number of fused-ring (bicyclic) bond motifs is 1. The Bertz CT molecular complexity index is 1010. The molecule has 1 fully saturated rings. The van der Waals surface area contributed by atoms with Gasteiger partial charge in [0.2, 0.25) is 5.91 Å². The summed E-state index contributed by atoms with van der Waals surface area (Å²) >= 11 is 1.43. The smallest absolute Gasteiger partial charge is 0.239 e. The number of nitrogens with zero attached hydrogens (tertiary/aromatic N) is 2. The Kier molecular flexibility index (Phi) is 4.58. The van der Waals surface area contributed by atoms with E-state index in [9.17, 15) is 4.79 Å². The van der Waals surface area contributed by atoms with Crippen LogP contribution in [0.3, 0.4) is 0 Å². The number of aromatic nitrogens is 1. The monoisotopic (exact) mass is 362 g/mol. The van der Waals surface area contributed by atoms with Crippen LogP contribution in [0.1, 0.15) is 18.9 Å². The van der Waals surface area contributed by atoms with Gasteiger partial charge in [-0.05, 0) is 18.1 Å². The van der Waals surface area contributed by atoms with Crippen molar-refractivity contribution in [3.8, 4) is 11.3 Å². The highest BCUT2D eigenvalue weighted by Gasteiger charge is 2.28. The Morgan fingerprint density at radius 2 is 1.88 bits per heavy atom. The molecule has 0 aliphatic carbocycles. The molecular formula is C20H18N4OS. The second-order valence-electron chi connectivity index (χ2n) is 5.98. The van der Waals surface area contributed by atoms with E-state index in [2.05, 4.69) is 38.7 Å². The van der Waals surface area contributed by atoms with Crippen molar-refractivity contribution in [2.75, 3.05) is 0 Å². The van der Waals surface area contributed by atoms with Crippen LogP contribution in [0.5, 0.6) is 0 Å². The molecule has 4 rings (SSSR count). The van der Waals surface area contributed by atoms with Gasteiger partial charge < -0.3 is 10.3 Å². The third kappa shape index (κ3) is 3.15. The van der Waals surface area contributed by atoms with Crippen LogP contribution in [0.4, 0.5) is 0 Å². The first-order chi connectivity index (χ1) is 12.8. The summed E-state index contributed by atoms with van der Waals surface area (Å²) in [6.45, 7) is 1.99. The van der Waals surface area contributed by atoms with Gasteiger partial charge in [-0.25, -0.2) is 0 Å². The number of amidine groups is 1. The molecule has 0 bridgehead atoms. The summed E-state index contributed by atoms with van der Waals surface area (Å²) in [5, 5.41) is 12.8. The van der Waals surface area contributed by atoms with Crippen molar-refractivity contribution in [2.24, 2.45) is 10.2 Å². The quantitative estimate of drug-likeness (QED) is 0.540. The number of rotatable bonds is 4. The minimum absolute atomic E-state index is 0.00326. The van der Waals surface area contributed by atoms with Crippen molar-refractivity contribution < 1.29 is 4.79 Å². The van der Waals surface area contributed by atoms with Crippen LogP contribution in [-0.4, -0.2) is 27.5 Å². The molecule has 0 radical (unpaired) electrons. The fraction of sp³-hybridized carbons (Fsp3) is 0.150. The fourth-order valence-electron chi connectivity index (χ4n) is 2.99. The molecule has 130 valence electrons. The molecule has 6 heteroatoms. The van der Waals surface area contributed by atoms with Crippen molar-refractivity contribution in [3.63, 3.8) is 0 Å². The third-order valence-corrected chi connectivity index (χ3v) is 5.53. The SMILES string of the molecule is CC[C@@H]1S/C(=N\N=C\c2c(-c3ccccc3)[nH]c3ccccc23)NC1=O. The first-order valence-corrected chi connectivity index (χ1v) is 9.39. The molecule has 0 spiro atoms. The van der Waals surface area contributed by atoms with E-state index in [0.29, 0.717) is 5.17 Å². The van der Waals surface area contributed by atoms with Gasteiger partial charge in [0.25, 0.3) is 0 Å². The lowest BCUT2D eigenvalue weighted by molar-refractivity contribution is -0.118. The minimum Gasteiger partial charge on any atom is -0.354 e. The van der Waals surface area contributed by atoms with Gasteiger partial charge in [-0.15, -0.1) is 5.10 Å². The van der Waals surface area contributed by atoms with Gasteiger partial charge in [0.05, 0.1) is 17.2 Å². The van der Waals surface area contributed by atoms with E-state index in [0.717, 1.165) is 34.1 Å². The van der Waals surface area contributed by atoms with Gasteiger partial charge in [-0.2, -0.15) is 5.10 Å². The number of carbonyl (C=O) groups is 1. The van der Waals surface area contributed by atoms with Crippen LogP contribution in [0.15, 0.2) is 64.8 Å². The summed E-state index contributed by atoms with van der Waals surface area (Å²) in [4.78, 5) is 15.2. The van der Waals surface area contributed by atoms with Gasteiger partial charge >= 0.3 is 0 Å². The summed E-state index contributed by atoms with van der Waals surface area (Å²) in [5.74, 6) is 0.00326. The normalized spacial score (nSPS) is 18.9. The van der Waals surface area contributed by atoms with Gasteiger partial charge in [0.1, 0.15) is 0 Å². The molecule has 26 heavy (non-hydrogen) atoms. The zero-order valence-corrected chi connectivity index (χ0v) is 15.1. The van der Waals surface area contributed by atoms with E-state index in [1.807, 2.05) is 43.3 Å². The molecule has 3 aromatic rings. The number of aromatic amines is 1. The van der Waals surface area contributed by atoms with Crippen LogP contribution >= 0.6 is 11.8 Å². The Hall–Kier alpha value is -2.86. The summed E-state index contributed by atoms with van der Waals surface area (Å²) in [5.41, 5.74) is 4.13.